The number of hydrogen-bond acceptors (Lipinski definition) is 4. The topological polar surface area (TPSA) is 73.6 Å². The molecule has 0 saturated heterocycles. The second-order valence-electron chi connectivity index (χ2n) is 5.57. The third-order valence-electron chi connectivity index (χ3n) is 3.31. The van der Waals surface area contributed by atoms with Crippen molar-refractivity contribution in [3.05, 3.63) is 0 Å². The number of nitrogens with two attached hydrogens (primary N) is 1. The van der Waals surface area contributed by atoms with E-state index in [1.54, 1.807) is 0 Å². The van der Waals surface area contributed by atoms with Crippen molar-refractivity contribution in [1.29, 1.82) is 0 Å². The number of carbonyl (C=O) groups is 1. The fraction of sp³-hybridized carbons (Fsp3) is 0.929. The molecule has 1 rings (SSSR count). The monoisotopic (exact) mass is 272 g/mol. The molecule has 1 aliphatic carbocycles. The molecule has 0 aromatic carbocycles. The van der Waals surface area contributed by atoms with Crippen LogP contribution in [0.5, 0.6) is 0 Å². The normalized spacial score (nSPS) is 18.5. The van der Waals surface area contributed by atoms with Gasteiger partial charge in [0.2, 0.25) is 5.91 Å². The molecule has 1 saturated carbocycles. The summed E-state index contributed by atoms with van der Waals surface area (Å²) in [5.74, 6) is 0.00198. The number of nitrogens with one attached hydrogen (secondary N) is 1. The van der Waals surface area contributed by atoms with Gasteiger partial charge in [0.25, 0.3) is 0 Å². The third kappa shape index (κ3) is 5.09. The van der Waals surface area contributed by atoms with Gasteiger partial charge >= 0.3 is 0 Å². The predicted octanol–water partition coefficient (Wildman–Crippen LogP) is 1.06. The fourth-order valence-corrected chi connectivity index (χ4v) is 2.31. The molecule has 1 unspecified atom stereocenters. The van der Waals surface area contributed by atoms with E-state index in [1.807, 2.05) is 13.8 Å². The smallest absolute Gasteiger partial charge is 0.240 e. The Morgan fingerprint density at radius 3 is 2.42 bits per heavy atom. The Labute approximate surface area is 116 Å². The van der Waals surface area contributed by atoms with Crippen LogP contribution in [0.3, 0.4) is 0 Å². The second kappa shape index (κ2) is 7.82. The molecule has 0 spiro atoms. The van der Waals surface area contributed by atoms with E-state index in [0.717, 1.165) is 25.9 Å². The molecular weight excluding hydrogens is 244 g/mol. The minimum absolute atomic E-state index is 0.202. The van der Waals surface area contributed by atoms with E-state index in [1.165, 1.54) is 0 Å². The predicted molar refractivity (Wildman–Crippen MR) is 74.9 cm³/mol. The Kier molecular flexibility index (Phi) is 6.75. The first-order valence-electron chi connectivity index (χ1n) is 7.26. The Bertz CT molecular complexity index is 280. The van der Waals surface area contributed by atoms with Crippen molar-refractivity contribution in [1.82, 2.24) is 5.32 Å². The fourth-order valence-electron chi connectivity index (χ4n) is 2.31. The largest absolute Gasteiger partial charge is 0.379 e. The zero-order chi connectivity index (χ0) is 14.3. The molecule has 0 aromatic rings. The molecule has 1 amide bonds. The van der Waals surface area contributed by atoms with Crippen LogP contribution in [-0.2, 0) is 14.3 Å². The van der Waals surface area contributed by atoms with Gasteiger partial charge in [-0.3, -0.25) is 10.1 Å². The van der Waals surface area contributed by atoms with E-state index in [9.17, 15) is 4.79 Å². The number of amides is 1. The van der Waals surface area contributed by atoms with Crippen molar-refractivity contribution in [2.75, 3.05) is 26.4 Å². The molecule has 0 aromatic heterocycles. The van der Waals surface area contributed by atoms with Crippen LogP contribution in [0, 0.1) is 5.92 Å². The SMILES string of the molecule is CCCOCCOCC(NC(C)C)(C(N)=O)C1CC1. The lowest BCUT2D eigenvalue weighted by Crippen LogP contribution is -2.62. The van der Waals surface area contributed by atoms with Crippen LogP contribution in [0.2, 0.25) is 0 Å². The lowest BCUT2D eigenvalue weighted by atomic mass is 9.92. The molecule has 0 heterocycles. The lowest BCUT2D eigenvalue weighted by Gasteiger charge is -2.33. The minimum atomic E-state index is -0.709. The summed E-state index contributed by atoms with van der Waals surface area (Å²) in [6.07, 6.45) is 3.08. The van der Waals surface area contributed by atoms with Crippen molar-refractivity contribution < 1.29 is 14.3 Å². The first-order valence-corrected chi connectivity index (χ1v) is 7.26. The highest BCUT2D eigenvalue weighted by Gasteiger charge is 2.50. The van der Waals surface area contributed by atoms with Crippen LogP contribution in [0.4, 0.5) is 0 Å². The molecule has 5 heteroatoms. The standard InChI is InChI=1S/C14H28N2O3/c1-4-7-18-8-9-19-10-14(13(15)17,12-5-6-12)16-11(2)3/h11-12,16H,4-10H2,1-3H3,(H2,15,17). The van der Waals surface area contributed by atoms with E-state index in [2.05, 4.69) is 12.2 Å². The third-order valence-corrected chi connectivity index (χ3v) is 3.31. The van der Waals surface area contributed by atoms with Gasteiger partial charge in [0.05, 0.1) is 19.8 Å². The van der Waals surface area contributed by atoms with Gasteiger partial charge in [-0.1, -0.05) is 6.92 Å². The van der Waals surface area contributed by atoms with Gasteiger partial charge in [-0.2, -0.15) is 0 Å². The van der Waals surface area contributed by atoms with Crippen LogP contribution in [0.25, 0.3) is 0 Å². The summed E-state index contributed by atoms with van der Waals surface area (Å²) in [7, 11) is 0. The minimum Gasteiger partial charge on any atom is -0.379 e. The maximum Gasteiger partial charge on any atom is 0.240 e. The zero-order valence-electron chi connectivity index (χ0n) is 12.4. The molecule has 0 radical (unpaired) electrons. The van der Waals surface area contributed by atoms with Crippen molar-refractivity contribution >= 4 is 5.91 Å². The van der Waals surface area contributed by atoms with E-state index in [4.69, 9.17) is 15.2 Å². The number of primary amides is 1. The van der Waals surface area contributed by atoms with Crippen LogP contribution in [0.1, 0.15) is 40.0 Å². The van der Waals surface area contributed by atoms with Crippen LogP contribution < -0.4 is 11.1 Å². The van der Waals surface area contributed by atoms with Crippen LogP contribution >= 0.6 is 0 Å². The molecular formula is C14H28N2O3. The van der Waals surface area contributed by atoms with Crippen LogP contribution in [0.15, 0.2) is 0 Å². The van der Waals surface area contributed by atoms with Gasteiger partial charge < -0.3 is 15.2 Å². The summed E-state index contributed by atoms with van der Waals surface area (Å²) in [4.78, 5) is 11.9. The maximum absolute atomic E-state index is 11.9. The summed E-state index contributed by atoms with van der Waals surface area (Å²) in [6, 6.07) is 0.202. The highest BCUT2D eigenvalue weighted by molar-refractivity contribution is 5.85. The summed E-state index contributed by atoms with van der Waals surface area (Å²) < 4.78 is 11.0. The average molecular weight is 272 g/mol. The van der Waals surface area contributed by atoms with Gasteiger partial charge in [-0.05, 0) is 39.0 Å². The summed E-state index contributed by atoms with van der Waals surface area (Å²) in [6.45, 7) is 8.25. The van der Waals surface area contributed by atoms with Crippen molar-refractivity contribution in [2.45, 2.75) is 51.6 Å². The number of ether oxygens (including phenoxy) is 2. The quantitative estimate of drug-likeness (QED) is 0.552. The summed E-state index contributed by atoms with van der Waals surface area (Å²) >= 11 is 0. The Morgan fingerprint density at radius 2 is 1.95 bits per heavy atom. The second-order valence-corrected chi connectivity index (χ2v) is 5.57. The molecule has 5 nitrogen and oxygen atoms in total. The number of carbonyl (C=O) groups excluding carboxylic acids is 1. The molecule has 112 valence electrons. The first-order chi connectivity index (χ1) is 9.03. The molecule has 3 N–H and O–H groups in total. The van der Waals surface area contributed by atoms with E-state index >= 15 is 0 Å². The summed E-state index contributed by atoms with van der Waals surface area (Å²) in [5, 5.41) is 3.32. The zero-order valence-corrected chi connectivity index (χ0v) is 12.4. The number of hydrogen-bond donors (Lipinski definition) is 2. The van der Waals surface area contributed by atoms with Gasteiger partial charge in [-0.25, -0.2) is 0 Å². The van der Waals surface area contributed by atoms with Crippen LogP contribution in [-0.4, -0.2) is 43.9 Å². The number of rotatable bonds is 11. The molecule has 0 bridgehead atoms. The Balaban J connectivity index is 2.43. The Morgan fingerprint density at radius 1 is 1.32 bits per heavy atom. The Hall–Kier alpha value is -0.650. The first kappa shape index (κ1) is 16.4. The molecule has 1 fully saturated rings. The molecule has 19 heavy (non-hydrogen) atoms. The van der Waals surface area contributed by atoms with Crippen molar-refractivity contribution in [3.8, 4) is 0 Å². The van der Waals surface area contributed by atoms with Crippen molar-refractivity contribution in [2.24, 2.45) is 11.7 Å². The van der Waals surface area contributed by atoms with E-state index < -0.39 is 5.54 Å². The van der Waals surface area contributed by atoms with E-state index in [0.29, 0.717) is 25.7 Å². The highest BCUT2D eigenvalue weighted by atomic mass is 16.5. The molecule has 0 aliphatic heterocycles. The van der Waals surface area contributed by atoms with Gasteiger partial charge in [0, 0.05) is 12.6 Å². The average Bonchev–Trinajstić information content (AvgIpc) is 3.15. The van der Waals surface area contributed by atoms with Gasteiger partial charge in [0.1, 0.15) is 5.54 Å². The van der Waals surface area contributed by atoms with E-state index in [-0.39, 0.29) is 11.9 Å². The highest BCUT2D eigenvalue weighted by Crippen LogP contribution is 2.40. The van der Waals surface area contributed by atoms with Crippen molar-refractivity contribution in [3.63, 3.8) is 0 Å². The molecule has 1 aliphatic rings. The van der Waals surface area contributed by atoms with Gasteiger partial charge in [-0.15, -0.1) is 0 Å². The summed E-state index contributed by atoms with van der Waals surface area (Å²) in [5.41, 5.74) is 4.90. The molecule has 1 atom stereocenters. The van der Waals surface area contributed by atoms with Gasteiger partial charge in [0.15, 0.2) is 0 Å². The maximum atomic E-state index is 11.9. The lowest BCUT2D eigenvalue weighted by molar-refractivity contribution is -0.129.